The lowest BCUT2D eigenvalue weighted by atomic mass is 9.99. The first-order chi connectivity index (χ1) is 10.9. The number of hydrogen-bond donors (Lipinski definition) is 1. The maximum absolute atomic E-state index is 14.5. The zero-order valence-electron chi connectivity index (χ0n) is 12.6. The molecule has 0 radical (unpaired) electrons. The van der Waals surface area contributed by atoms with Crippen LogP contribution in [0.3, 0.4) is 0 Å². The molecule has 0 unspecified atom stereocenters. The molecule has 0 spiro atoms. The van der Waals surface area contributed by atoms with E-state index in [0.29, 0.717) is 22.4 Å². The normalized spacial score (nSPS) is 15.4. The number of benzene rings is 1. The first-order valence-corrected chi connectivity index (χ1v) is 7.84. The van der Waals surface area contributed by atoms with Crippen molar-refractivity contribution in [3.05, 3.63) is 22.8 Å². The predicted octanol–water partition coefficient (Wildman–Crippen LogP) is 3.50. The summed E-state index contributed by atoms with van der Waals surface area (Å²) in [4.78, 5) is 23.9. The molecular formula is C16H15FO5S. The SMILES string of the molecule is COc1cc2sc(C(=O)CC3(C(=O)O)CC3)cc2c(F)c1OC. The van der Waals surface area contributed by atoms with Crippen LogP contribution in [-0.2, 0) is 4.79 Å². The summed E-state index contributed by atoms with van der Waals surface area (Å²) in [6.45, 7) is 0. The third kappa shape index (κ3) is 2.55. The fraction of sp³-hybridized carbons (Fsp3) is 0.375. The second kappa shape index (κ2) is 5.49. The lowest BCUT2D eigenvalue weighted by molar-refractivity contribution is -0.143. The Morgan fingerprint density at radius 3 is 2.52 bits per heavy atom. The van der Waals surface area contributed by atoms with Crippen LogP contribution in [-0.4, -0.2) is 31.1 Å². The minimum absolute atomic E-state index is 0.0130. The molecule has 1 aromatic heterocycles. The molecule has 0 amide bonds. The van der Waals surface area contributed by atoms with E-state index in [1.807, 2.05) is 0 Å². The van der Waals surface area contributed by atoms with Crippen molar-refractivity contribution >= 4 is 33.2 Å². The number of aliphatic carboxylic acids is 1. The third-order valence-electron chi connectivity index (χ3n) is 4.19. The third-order valence-corrected chi connectivity index (χ3v) is 5.31. The summed E-state index contributed by atoms with van der Waals surface area (Å²) in [6.07, 6.45) is 0.967. The highest BCUT2D eigenvalue weighted by Crippen LogP contribution is 2.50. The smallest absolute Gasteiger partial charge is 0.310 e. The molecule has 5 nitrogen and oxygen atoms in total. The number of carboxylic acid groups (broad SMARTS) is 1. The van der Waals surface area contributed by atoms with Crippen LogP contribution in [0, 0.1) is 11.2 Å². The van der Waals surface area contributed by atoms with E-state index in [1.54, 1.807) is 6.07 Å². The van der Waals surface area contributed by atoms with Gasteiger partial charge in [-0.2, -0.15) is 0 Å². The number of ketones is 1. The Labute approximate surface area is 135 Å². The van der Waals surface area contributed by atoms with Gasteiger partial charge in [-0.15, -0.1) is 11.3 Å². The predicted molar refractivity (Wildman–Crippen MR) is 83.1 cm³/mol. The molecule has 122 valence electrons. The monoisotopic (exact) mass is 338 g/mol. The van der Waals surface area contributed by atoms with Gasteiger partial charge in [0, 0.05) is 22.6 Å². The van der Waals surface area contributed by atoms with Crippen molar-refractivity contribution in [2.45, 2.75) is 19.3 Å². The summed E-state index contributed by atoms with van der Waals surface area (Å²) in [5, 5.41) is 9.45. The number of carboxylic acids is 1. The van der Waals surface area contributed by atoms with E-state index in [4.69, 9.17) is 9.47 Å². The minimum Gasteiger partial charge on any atom is -0.493 e. The van der Waals surface area contributed by atoms with Crippen LogP contribution in [0.15, 0.2) is 12.1 Å². The Morgan fingerprint density at radius 2 is 2.00 bits per heavy atom. The second-order valence-electron chi connectivity index (χ2n) is 5.63. The lowest BCUT2D eigenvalue weighted by Crippen LogP contribution is -2.18. The molecule has 2 aromatic rings. The zero-order chi connectivity index (χ0) is 16.8. The van der Waals surface area contributed by atoms with Gasteiger partial charge in [0.05, 0.1) is 24.5 Å². The fourth-order valence-corrected chi connectivity index (χ4v) is 3.61. The molecule has 1 fully saturated rings. The van der Waals surface area contributed by atoms with Crippen LogP contribution in [0.25, 0.3) is 10.1 Å². The molecule has 1 saturated carbocycles. The van der Waals surface area contributed by atoms with E-state index < -0.39 is 17.2 Å². The summed E-state index contributed by atoms with van der Waals surface area (Å²) < 4.78 is 25.1. The number of fused-ring (bicyclic) bond motifs is 1. The van der Waals surface area contributed by atoms with Crippen molar-refractivity contribution in [2.75, 3.05) is 14.2 Å². The first kappa shape index (κ1) is 15.7. The molecule has 0 atom stereocenters. The number of halogens is 1. The summed E-state index contributed by atoms with van der Waals surface area (Å²) in [5.41, 5.74) is -0.929. The number of thiophene rings is 1. The molecule has 0 aliphatic heterocycles. The lowest BCUT2D eigenvalue weighted by Gasteiger charge is -2.08. The summed E-state index contributed by atoms with van der Waals surface area (Å²) in [5.74, 6) is -1.56. The fourth-order valence-electron chi connectivity index (χ4n) is 2.59. The maximum Gasteiger partial charge on any atom is 0.310 e. The minimum atomic E-state index is -0.943. The van der Waals surface area contributed by atoms with Crippen molar-refractivity contribution in [2.24, 2.45) is 5.41 Å². The van der Waals surface area contributed by atoms with Gasteiger partial charge in [0.25, 0.3) is 0 Å². The van der Waals surface area contributed by atoms with E-state index in [0.717, 1.165) is 11.3 Å². The van der Waals surface area contributed by atoms with Gasteiger partial charge in [-0.3, -0.25) is 9.59 Å². The largest absolute Gasteiger partial charge is 0.493 e. The molecule has 0 bridgehead atoms. The average Bonchev–Trinajstić information content (AvgIpc) is 3.17. The maximum atomic E-state index is 14.5. The van der Waals surface area contributed by atoms with E-state index in [2.05, 4.69) is 0 Å². The second-order valence-corrected chi connectivity index (χ2v) is 6.72. The van der Waals surface area contributed by atoms with Crippen molar-refractivity contribution in [1.82, 2.24) is 0 Å². The average molecular weight is 338 g/mol. The van der Waals surface area contributed by atoms with Gasteiger partial charge in [-0.05, 0) is 18.9 Å². The van der Waals surface area contributed by atoms with Gasteiger partial charge in [-0.25, -0.2) is 4.39 Å². The Balaban J connectivity index is 1.98. The van der Waals surface area contributed by atoms with Gasteiger partial charge < -0.3 is 14.6 Å². The molecule has 1 aliphatic rings. The highest BCUT2D eigenvalue weighted by Gasteiger charge is 2.51. The van der Waals surface area contributed by atoms with Gasteiger partial charge in [0.1, 0.15) is 0 Å². The Hall–Kier alpha value is -2.15. The summed E-state index contributed by atoms with van der Waals surface area (Å²) in [6, 6.07) is 3.07. The van der Waals surface area contributed by atoms with Crippen molar-refractivity contribution in [3.63, 3.8) is 0 Å². The van der Waals surface area contributed by atoms with Gasteiger partial charge >= 0.3 is 5.97 Å². The molecule has 1 N–H and O–H groups in total. The van der Waals surface area contributed by atoms with Crippen molar-refractivity contribution in [1.29, 1.82) is 0 Å². The summed E-state index contributed by atoms with van der Waals surface area (Å²) in [7, 11) is 2.75. The molecule has 23 heavy (non-hydrogen) atoms. The summed E-state index contributed by atoms with van der Waals surface area (Å²) >= 11 is 1.13. The molecule has 1 heterocycles. The van der Waals surface area contributed by atoms with Crippen LogP contribution in [0.1, 0.15) is 28.9 Å². The Morgan fingerprint density at radius 1 is 1.30 bits per heavy atom. The molecular weight excluding hydrogens is 323 g/mol. The van der Waals surface area contributed by atoms with Crippen molar-refractivity contribution in [3.8, 4) is 11.5 Å². The topological polar surface area (TPSA) is 72.8 Å². The highest BCUT2D eigenvalue weighted by molar-refractivity contribution is 7.20. The number of carbonyl (C=O) groups is 2. The van der Waals surface area contributed by atoms with Crippen LogP contribution in [0.4, 0.5) is 4.39 Å². The van der Waals surface area contributed by atoms with Gasteiger partial charge in [0.15, 0.2) is 23.1 Å². The Kier molecular flexibility index (Phi) is 3.75. The first-order valence-electron chi connectivity index (χ1n) is 7.02. The van der Waals surface area contributed by atoms with Gasteiger partial charge in [-0.1, -0.05) is 0 Å². The quantitative estimate of drug-likeness (QED) is 0.816. The number of Topliss-reactive ketones (excluding diaryl/α,β-unsaturated/α-hetero) is 1. The van der Waals surface area contributed by atoms with Crippen LogP contribution < -0.4 is 9.47 Å². The highest BCUT2D eigenvalue weighted by atomic mass is 32.1. The van der Waals surface area contributed by atoms with E-state index in [-0.39, 0.29) is 29.1 Å². The number of ether oxygens (including phenoxy) is 2. The number of rotatable bonds is 6. The molecule has 1 aliphatic carbocycles. The van der Waals surface area contributed by atoms with Crippen LogP contribution >= 0.6 is 11.3 Å². The Bertz CT molecular complexity index is 806. The standard InChI is InChI=1S/C16H15FO5S/c1-21-10-6-11-8(13(17)14(10)22-2)5-12(23-11)9(18)7-16(3-4-16)15(19)20/h5-6H,3-4,7H2,1-2H3,(H,19,20). The van der Waals surface area contributed by atoms with E-state index >= 15 is 0 Å². The van der Waals surface area contributed by atoms with Gasteiger partial charge in [0.2, 0.25) is 0 Å². The number of hydrogen-bond acceptors (Lipinski definition) is 5. The van der Waals surface area contributed by atoms with Crippen LogP contribution in [0.5, 0.6) is 11.5 Å². The number of carbonyl (C=O) groups excluding carboxylic acids is 1. The molecule has 0 saturated heterocycles. The van der Waals surface area contributed by atoms with Crippen LogP contribution in [0.2, 0.25) is 0 Å². The van der Waals surface area contributed by atoms with E-state index in [9.17, 15) is 19.1 Å². The zero-order valence-corrected chi connectivity index (χ0v) is 13.5. The number of methoxy groups -OCH3 is 2. The molecule has 7 heteroatoms. The van der Waals surface area contributed by atoms with E-state index in [1.165, 1.54) is 20.3 Å². The van der Waals surface area contributed by atoms with Crippen molar-refractivity contribution < 1.29 is 28.6 Å². The molecule has 1 aromatic carbocycles. The molecule has 3 rings (SSSR count).